The Morgan fingerprint density at radius 2 is 2.00 bits per heavy atom. The van der Waals surface area contributed by atoms with Gasteiger partial charge in [0.1, 0.15) is 0 Å². The maximum Gasteiger partial charge on any atom is 0.231 e. The Balaban J connectivity index is 2.06. The lowest BCUT2D eigenvalue weighted by Gasteiger charge is -2.06. The van der Waals surface area contributed by atoms with Crippen LogP contribution in [0.3, 0.4) is 0 Å². The summed E-state index contributed by atoms with van der Waals surface area (Å²) in [5.74, 6) is 1.59. The highest BCUT2D eigenvalue weighted by Crippen LogP contribution is 2.19. The first-order valence-electron chi connectivity index (χ1n) is 6.81. The van der Waals surface area contributed by atoms with Crippen molar-refractivity contribution < 1.29 is 4.52 Å². The highest BCUT2D eigenvalue weighted by molar-refractivity contribution is 5.23. The Bertz CT molecular complexity index is 504. The standard InChI is InChI=1S/C15H21N3O/c1-3-4-13(10-16)15-17-14(18-19-15)9-12-7-5-11(2)6-8-12/h5-8,13H,3-4,9-10,16H2,1-2H3. The predicted molar refractivity (Wildman–Crippen MR) is 75.0 cm³/mol. The third-order valence-electron chi connectivity index (χ3n) is 3.24. The number of hydrogen-bond acceptors (Lipinski definition) is 4. The van der Waals surface area contributed by atoms with Crippen molar-refractivity contribution in [1.82, 2.24) is 10.1 Å². The fourth-order valence-corrected chi connectivity index (χ4v) is 2.08. The molecule has 0 fully saturated rings. The molecular formula is C15H21N3O. The van der Waals surface area contributed by atoms with E-state index in [2.05, 4.69) is 48.3 Å². The van der Waals surface area contributed by atoms with Gasteiger partial charge < -0.3 is 10.3 Å². The minimum absolute atomic E-state index is 0.185. The molecule has 1 unspecified atom stereocenters. The number of aromatic nitrogens is 2. The van der Waals surface area contributed by atoms with Gasteiger partial charge in [-0.15, -0.1) is 0 Å². The van der Waals surface area contributed by atoms with Gasteiger partial charge in [-0.05, 0) is 18.9 Å². The van der Waals surface area contributed by atoms with Gasteiger partial charge in [0.05, 0.1) is 5.92 Å². The highest BCUT2D eigenvalue weighted by atomic mass is 16.5. The number of aryl methyl sites for hydroxylation is 1. The maximum absolute atomic E-state index is 5.74. The summed E-state index contributed by atoms with van der Waals surface area (Å²) in [5, 5.41) is 4.04. The average Bonchev–Trinajstić information content (AvgIpc) is 2.87. The lowest BCUT2D eigenvalue weighted by atomic mass is 10.0. The van der Waals surface area contributed by atoms with E-state index in [1.807, 2.05) is 0 Å². The SMILES string of the molecule is CCCC(CN)c1nc(Cc2ccc(C)cc2)no1. The molecule has 0 aliphatic rings. The van der Waals surface area contributed by atoms with Crippen LogP contribution in [0.1, 0.15) is 48.5 Å². The molecule has 0 radical (unpaired) electrons. The molecule has 1 atom stereocenters. The van der Waals surface area contributed by atoms with Crippen LogP contribution in [0.15, 0.2) is 28.8 Å². The first kappa shape index (κ1) is 13.7. The zero-order valence-electron chi connectivity index (χ0n) is 11.6. The molecule has 2 N–H and O–H groups in total. The fraction of sp³-hybridized carbons (Fsp3) is 0.467. The van der Waals surface area contributed by atoms with E-state index in [4.69, 9.17) is 10.3 Å². The van der Waals surface area contributed by atoms with E-state index < -0.39 is 0 Å². The third-order valence-corrected chi connectivity index (χ3v) is 3.24. The van der Waals surface area contributed by atoms with Gasteiger partial charge in [0.25, 0.3) is 0 Å². The lowest BCUT2D eigenvalue weighted by molar-refractivity contribution is 0.344. The molecule has 1 aromatic heterocycles. The number of nitrogens with two attached hydrogens (primary N) is 1. The van der Waals surface area contributed by atoms with Gasteiger partial charge in [0, 0.05) is 13.0 Å². The summed E-state index contributed by atoms with van der Waals surface area (Å²) in [6, 6.07) is 8.38. The molecule has 0 bridgehead atoms. The second kappa shape index (κ2) is 6.48. The molecule has 0 spiro atoms. The maximum atomic E-state index is 5.74. The summed E-state index contributed by atoms with van der Waals surface area (Å²) in [5.41, 5.74) is 8.19. The predicted octanol–water partition coefficient (Wildman–Crippen LogP) is 2.81. The van der Waals surface area contributed by atoms with Gasteiger partial charge in [-0.1, -0.05) is 48.3 Å². The van der Waals surface area contributed by atoms with Crippen molar-refractivity contribution in [1.29, 1.82) is 0 Å². The number of rotatable bonds is 6. The summed E-state index contributed by atoms with van der Waals surface area (Å²) >= 11 is 0. The van der Waals surface area contributed by atoms with Crippen LogP contribution in [-0.4, -0.2) is 16.7 Å². The summed E-state index contributed by atoms with van der Waals surface area (Å²) < 4.78 is 5.33. The number of nitrogens with zero attached hydrogens (tertiary/aromatic N) is 2. The molecule has 0 amide bonds. The molecule has 0 aliphatic heterocycles. The molecule has 1 aromatic carbocycles. The van der Waals surface area contributed by atoms with E-state index in [0.29, 0.717) is 18.9 Å². The van der Waals surface area contributed by atoms with Gasteiger partial charge in [-0.3, -0.25) is 0 Å². The second-order valence-corrected chi connectivity index (χ2v) is 4.93. The van der Waals surface area contributed by atoms with Gasteiger partial charge in [0.15, 0.2) is 5.82 Å². The Labute approximate surface area is 114 Å². The van der Waals surface area contributed by atoms with Crippen molar-refractivity contribution in [2.45, 2.75) is 39.0 Å². The third kappa shape index (κ3) is 3.64. The Kier molecular flexibility index (Phi) is 4.68. The monoisotopic (exact) mass is 259 g/mol. The molecule has 4 nitrogen and oxygen atoms in total. The zero-order valence-corrected chi connectivity index (χ0v) is 11.6. The Morgan fingerprint density at radius 3 is 2.63 bits per heavy atom. The van der Waals surface area contributed by atoms with E-state index in [1.165, 1.54) is 11.1 Å². The molecule has 4 heteroatoms. The van der Waals surface area contributed by atoms with Crippen LogP contribution < -0.4 is 5.73 Å². The van der Waals surface area contributed by atoms with Crippen LogP contribution >= 0.6 is 0 Å². The fourth-order valence-electron chi connectivity index (χ4n) is 2.08. The number of hydrogen-bond donors (Lipinski definition) is 1. The molecular weight excluding hydrogens is 238 g/mol. The lowest BCUT2D eigenvalue weighted by Crippen LogP contribution is -2.12. The van der Waals surface area contributed by atoms with Crippen molar-refractivity contribution in [3.63, 3.8) is 0 Å². The summed E-state index contributed by atoms with van der Waals surface area (Å²) in [6.45, 7) is 4.76. The normalized spacial score (nSPS) is 12.6. The van der Waals surface area contributed by atoms with Crippen molar-refractivity contribution in [3.8, 4) is 0 Å². The van der Waals surface area contributed by atoms with Crippen LogP contribution in [0.25, 0.3) is 0 Å². The van der Waals surface area contributed by atoms with E-state index in [0.717, 1.165) is 18.7 Å². The number of benzene rings is 1. The van der Waals surface area contributed by atoms with Gasteiger partial charge in [-0.25, -0.2) is 0 Å². The van der Waals surface area contributed by atoms with E-state index in [1.54, 1.807) is 0 Å². The van der Waals surface area contributed by atoms with E-state index in [-0.39, 0.29) is 5.92 Å². The smallest absolute Gasteiger partial charge is 0.231 e. The summed E-state index contributed by atoms with van der Waals surface area (Å²) in [6.07, 6.45) is 2.76. The minimum Gasteiger partial charge on any atom is -0.339 e. The molecule has 1 heterocycles. The second-order valence-electron chi connectivity index (χ2n) is 4.93. The molecule has 2 rings (SSSR count). The zero-order chi connectivity index (χ0) is 13.7. The first-order valence-corrected chi connectivity index (χ1v) is 6.81. The van der Waals surface area contributed by atoms with Gasteiger partial charge in [0.2, 0.25) is 5.89 Å². The van der Waals surface area contributed by atoms with Crippen LogP contribution in [0, 0.1) is 6.92 Å². The van der Waals surface area contributed by atoms with Gasteiger partial charge in [-0.2, -0.15) is 4.98 Å². The van der Waals surface area contributed by atoms with Crippen LogP contribution in [0.4, 0.5) is 0 Å². The Hall–Kier alpha value is -1.68. The summed E-state index contributed by atoms with van der Waals surface area (Å²) in [4.78, 5) is 4.46. The van der Waals surface area contributed by atoms with E-state index in [9.17, 15) is 0 Å². The van der Waals surface area contributed by atoms with Crippen LogP contribution in [-0.2, 0) is 6.42 Å². The quantitative estimate of drug-likeness (QED) is 0.866. The van der Waals surface area contributed by atoms with Crippen LogP contribution in [0.2, 0.25) is 0 Å². The highest BCUT2D eigenvalue weighted by Gasteiger charge is 2.16. The van der Waals surface area contributed by atoms with Crippen LogP contribution in [0.5, 0.6) is 0 Å². The molecule has 0 aliphatic carbocycles. The molecule has 19 heavy (non-hydrogen) atoms. The van der Waals surface area contributed by atoms with Crippen molar-refractivity contribution in [2.24, 2.45) is 5.73 Å². The molecule has 2 aromatic rings. The van der Waals surface area contributed by atoms with Crippen molar-refractivity contribution in [3.05, 3.63) is 47.1 Å². The van der Waals surface area contributed by atoms with Crippen molar-refractivity contribution in [2.75, 3.05) is 6.54 Å². The largest absolute Gasteiger partial charge is 0.339 e. The van der Waals surface area contributed by atoms with Gasteiger partial charge >= 0.3 is 0 Å². The Morgan fingerprint density at radius 1 is 1.26 bits per heavy atom. The average molecular weight is 259 g/mol. The topological polar surface area (TPSA) is 64.9 Å². The summed E-state index contributed by atoms with van der Waals surface area (Å²) in [7, 11) is 0. The minimum atomic E-state index is 0.185. The molecule has 0 saturated heterocycles. The molecule has 102 valence electrons. The van der Waals surface area contributed by atoms with E-state index >= 15 is 0 Å². The molecule has 0 saturated carbocycles. The first-order chi connectivity index (χ1) is 9.22. The van der Waals surface area contributed by atoms with Crippen molar-refractivity contribution >= 4 is 0 Å².